The van der Waals surface area contributed by atoms with Gasteiger partial charge >= 0.3 is 6.09 Å². The van der Waals surface area contributed by atoms with Gasteiger partial charge in [-0.3, -0.25) is 5.32 Å². The molecule has 0 spiro atoms. The van der Waals surface area contributed by atoms with Gasteiger partial charge in [-0.1, -0.05) is 6.92 Å². The third-order valence-corrected chi connectivity index (χ3v) is 2.68. The third kappa shape index (κ3) is 4.66. The van der Waals surface area contributed by atoms with Crippen molar-refractivity contribution in [1.82, 2.24) is 0 Å². The van der Waals surface area contributed by atoms with Gasteiger partial charge in [-0.25, -0.2) is 4.79 Å². The van der Waals surface area contributed by atoms with Crippen molar-refractivity contribution >= 4 is 18.1 Å². The molecule has 1 unspecified atom stereocenters. The standard InChI is InChI=1S/C15H21NO5/c1-9(8-17)10-6-11(13(18)12(7-10)20-5)16-14(19)21-15(2,3)4/h6-9,18H,1-5H3,(H,16,19). The molecular weight excluding hydrogens is 274 g/mol. The van der Waals surface area contributed by atoms with Gasteiger partial charge in [0.2, 0.25) is 0 Å². The molecule has 0 saturated heterocycles. The van der Waals surface area contributed by atoms with Crippen LogP contribution in [0.25, 0.3) is 0 Å². The van der Waals surface area contributed by atoms with E-state index in [9.17, 15) is 14.7 Å². The largest absolute Gasteiger partial charge is 0.503 e. The molecule has 6 nitrogen and oxygen atoms in total. The van der Waals surface area contributed by atoms with E-state index in [1.54, 1.807) is 33.8 Å². The summed E-state index contributed by atoms with van der Waals surface area (Å²) in [5, 5.41) is 12.5. The van der Waals surface area contributed by atoms with Crippen molar-refractivity contribution in [1.29, 1.82) is 0 Å². The SMILES string of the molecule is COc1cc(C(C)C=O)cc(NC(=O)OC(C)(C)C)c1O. The average Bonchev–Trinajstić information content (AvgIpc) is 2.37. The highest BCUT2D eigenvalue weighted by Crippen LogP contribution is 2.37. The molecule has 1 aromatic rings. The van der Waals surface area contributed by atoms with Crippen LogP contribution in [0.4, 0.5) is 10.5 Å². The van der Waals surface area contributed by atoms with Crippen molar-refractivity contribution in [3.63, 3.8) is 0 Å². The fraction of sp³-hybridized carbons (Fsp3) is 0.467. The highest BCUT2D eigenvalue weighted by atomic mass is 16.6. The fourth-order valence-electron chi connectivity index (χ4n) is 1.64. The van der Waals surface area contributed by atoms with E-state index in [0.717, 1.165) is 6.29 Å². The molecule has 1 rings (SSSR count). The zero-order valence-electron chi connectivity index (χ0n) is 12.9. The van der Waals surface area contributed by atoms with Crippen molar-refractivity contribution in [3.05, 3.63) is 17.7 Å². The molecule has 1 amide bonds. The minimum Gasteiger partial charge on any atom is -0.503 e. The Balaban J connectivity index is 3.10. The molecule has 0 aromatic heterocycles. The normalized spacial score (nSPS) is 12.4. The number of hydrogen-bond donors (Lipinski definition) is 2. The van der Waals surface area contributed by atoms with Gasteiger partial charge < -0.3 is 19.4 Å². The number of hydrogen-bond acceptors (Lipinski definition) is 5. The molecule has 0 aliphatic heterocycles. The number of carbonyl (C=O) groups is 2. The second-order valence-corrected chi connectivity index (χ2v) is 5.67. The predicted molar refractivity (Wildman–Crippen MR) is 79.0 cm³/mol. The molecule has 0 heterocycles. The maximum Gasteiger partial charge on any atom is 0.412 e. The van der Waals surface area contributed by atoms with Gasteiger partial charge in [-0.15, -0.1) is 0 Å². The van der Waals surface area contributed by atoms with Crippen molar-refractivity contribution in [3.8, 4) is 11.5 Å². The van der Waals surface area contributed by atoms with E-state index in [1.165, 1.54) is 13.2 Å². The lowest BCUT2D eigenvalue weighted by atomic mass is 10.0. The predicted octanol–water partition coefficient (Wildman–Crippen LogP) is 3.05. The van der Waals surface area contributed by atoms with Crippen LogP contribution in [0.1, 0.15) is 39.2 Å². The summed E-state index contributed by atoms with van der Waals surface area (Å²) in [6.45, 7) is 6.91. The van der Waals surface area contributed by atoms with E-state index in [-0.39, 0.29) is 17.2 Å². The van der Waals surface area contributed by atoms with E-state index < -0.39 is 17.6 Å². The maximum absolute atomic E-state index is 11.8. The van der Waals surface area contributed by atoms with Crippen LogP contribution in [0, 0.1) is 0 Å². The van der Waals surface area contributed by atoms with Gasteiger partial charge in [0.15, 0.2) is 11.5 Å². The lowest BCUT2D eigenvalue weighted by Gasteiger charge is -2.20. The van der Waals surface area contributed by atoms with Crippen LogP contribution in [0.5, 0.6) is 11.5 Å². The number of amides is 1. The smallest absolute Gasteiger partial charge is 0.412 e. The first kappa shape index (κ1) is 16.8. The monoisotopic (exact) mass is 295 g/mol. The van der Waals surface area contributed by atoms with Crippen LogP contribution in [0.15, 0.2) is 12.1 Å². The first-order valence-electron chi connectivity index (χ1n) is 6.54. The highest BCUT2D eigenvalue weighted by molar-refractivity contribution is 5.88. The zero-order valence-corrected chi connectivity index (χ0v) is 12.9. The Labute approximate surface area is 124 Å². The van der Waals surface area contributed by atoms with Gasteiger partial charge in [-0.05, 0) is 38.5 Å². The maximum atomic E-state index is 11.8. The molecule has 6 heteroatoms. The summed E-state index contributed by atoms with van der Waals surface area (Å²) < 4.78 is 10.2. The number of methoxy groups -OCH3 is 1. The Morgan fingerprint density at radius 1 is 1.38 bits per heavy atom. The summed E-state index contributed by atoms with van der Waals surface area (Å²) >= 11 is 0. The molecule has 0 radical (unpaired) electrons. The fourth-order valence-corrected chi connectivity index (χ4v) is 1.64. The summed E-state index contributed by atoms with van der Waals surface area (Å²) in [6, 6.07) is 3.06. The van der Waals surface area contributed by atoms with Gasteiger partial charge in [0, 0.05) is 5.92 Å². The number of aromatic hydroxyl groups is 1. The van der Waals surface area contributed by atoms with Crippen LogP contribution < -0.4 is 10.1 Å². The first-order chi connectivity index (χ1) is 9.67. The van der Waals surface area contributed by atoms with Gasteiger partial charge in [0.05, 0.1) is 12.8 Å². The Kier molecular flexibility index (Phi) is 5.18. The van der Waals surface area contributed by atoms with Crippen LogP contribution in [0.3, 0.4) is 0 Å². The van der Waals surface area contributed by atoms with Crippen molar-refractivity contribution in [2.24, 2.45) is 0 Å². The number of rotatable bonds is 4. The Morgan fingerprint density at radius 2 is 2.00 bits per heavy atom. The van der Waals surface area contributed by atoms with Gasteiger partial charge in [-0.2, -0.15) is 0 Å². The van der Waals surface area contributed by atoms with E-state index in [1.807, 2.05) is 0 Å². The Hall–Kier alpha value is -2.24. The lowest BCUT2D eigenvalue weighted by molar-refractivity contribution is -0.108. The average molecular weight is 295 g/mol. The van der Waals surface area contributed by atoms with Crippen molar-refractivity contribution < 1.29 is 24.2 Å². The molecule has 0 saturated carbocycles. The summed E-state index contributed by atoms with van der Waals surface area (Å²) in [7, 11) is 1.39. The van der Waals surface area contributed by atoms with E-state index in [0.29, 0.717) is 5.56 Å². The number of carbonyl (C=O) groups excluding carboxylic acids is 2. The van der Waals surface area contributed by atoms with Crippen molar-refractivity contribution in [2.45, 2.75) is 39.2 Å². The number of nitrogens with one attached hydrogen (secondary N) is 1. The molecule has 0 aliphatic carbocycles. The second-order valence-electron chi connectivity index (χ2n) is 5.67. The van der Waals surface area contributed by atoms with Crippen LogP contribution >= 0.6 is 0 Å². The molecule has 0 aliphatic rings. The lowest BCUT2D eigenvalue weighted by Crippen LogP contribution is -2.27. The van der Waals surface area contributed by atoms with Crippen LogP contribution in [-0.4, -0.2) is 30.2 Å². The number of aldehydes is 1. The molecule has 2 N–H and O–H groups in total. The molecule has 0 bridgehead atoms. The topological polar surface area (TPSA) is 84.9 Å². The zero-order chi connectivity index (χ0) is 16.2. The molecule has 1 atom stereocenters. The Bertz CT molecular complexity index is 534. The highest BCUT2D eigenvalue weighted by Gasteiger charge is 2.20. The minimum absolute atomic E-state index is 0.132. The molecule has 116 valence electrons. The summed E-state index contributed by atoms with van der Waals surface area (Å²) in [5.74, 6) is -0.434. The van der Waals surface area contributed by atoms with Crippen molar-refractivity contribution in [2.75, 3.05) is 12.4 Å². The molecule has 1 aromatic carbocycles. The number of phenolic OH excluding ortho intramolecular Hbond substituents is 1. The quantitative estimate of drug-likeness (QED) is 0.658. The van der Waals surface area contributed by atoms with E-state index >= 15 is 0 Å². The van der Waals surface area contributed by atoms with Gasteiger partial charge in [0.1, 0.15) is 11.9 Å². The van der Waals surface area contributed by atoms with Crippen LogP contribution in [0.2, 0.25) is 0 Å². The van der Waals surface area contributed by atoms with Gasteiger partial charge in [0.25, 0.3) is 0 Å². The molecule has 21 heavy (non-hydrogen) atoms. The summed E-state index contributed by atoms with van der Waals surface area (Å²) in [6.07, 6.45) is 0.0686. The summed E-state index contributed by atoms with van der Waals surface area (Å²) in [4.78, 5) is 22.7. The third-order valence-electron chi connectivity index (χ3n) is 2.68. The number of phenols is 1. The molecular formula is C15H21NO5. The minimum atomic E-state index is -0.698. The Morgan fingerprint density at radius 3 is 2.48 bits per heavy atom. The van der Waals surface area contributed by atoms with Crippen LogP contribution in [-0.2, 0) is 9.53 Å². The second kappa shape index (κ2) is 6.47. The number of anilines is 1. The van der Waals surface area contributed by atoms with E-state index in [4.69, 9.17) is 9.47 Å². The first-order valence-corrected chi connectivity index (χ1v) is 6.54. The van der Waals surface area contributed by atoms with E-state index in [2.05, 4.69) is 5.32 Å². The molecule has 0 fully saturated rings. The summed E-state index contributed by atoms with van der Waals surface area (Å²) in [5.41, 5.74) is 0.0929. The number of ether oxygens (including phenoxy) is 2. The number of benzene rings is 1.